The van der Waals surface area contributed by atoms with Gasteiger partial charge in [0.15, 0.2) is 0 Å². The fraction of sp³-hybridized carbons (Fsp3) is 0.462. The maximum absolute atomic E-state index is 13.3. The number of aliphatic hydroxyl groups is 1. The number of carbonyl (C=O) groups is 1. The Morgan fingerprint density at radius 2 is 2.40 bits per heavy atom. The summed E-state index contributed by atoms with van der Waals surface area (Å²) in [5, 5.41) is 15.1. The number of hydrogen-bond donors (Lipinski definition) is 3. The predicted molar refractivity (Wildman–Crippen MR) is 72.1 cm³/mol. The van der Waals surface area contributed by atoms with Crippen LogP contribution in [-0.4, -0.2) is 36.9 Å². The topological polar surface area (TPSA) is 70.6 Å². The van der Waals surface area contributed by atoms with E-state index in [0.717, 1.165) is 12.5 Å². The van der Waals surface area contributed by atoms with Crippen LogP contribution in [0.15, 0.2) is 18.2 Å². The molecule has 5 nitrogen and oxygen atoms in total. The Morgan fingerprint density at radius 3 is 3.05 bits per heavy atom. The van der Waals surface area contributed by atoms with E-state index in [1.807, 2.05) is 0 Å². The maximum Gasteiger partial charge on any atom is 0.315 e. The van der Waals surface area contributed by atoms with Gasteiger partial charge in [-0.1, -0.05) is 17.7 Å². The van der Waals surface area contributed by atoms with Crippen LogP contribution in [0.4, 0.5) is 9.18 Å². The summed E-state index contributed by atoms with van der Waals surface area (Å²) in [7, 11) is 0. The summed E-state index contributed by atoms with van der Waals surface area (Å²) in [6.45, 7) is 1.12. The Balaban J connectivity index is 1.80. The van der Waals surface area contributed by atoms with E-state index < -0.39 is 11.9 Å². The Kier molecular flexibility index (Phi) is 5.17. The molecule has 110 valence electrons. The van der Waals surface area contributed by atoms with Gasteiger partial charge in [-0.3, -0.25) is 0 Å². The summed E-state index contributed by atoms with van der Waals surface area (Å²) in [5.41, 5.74) is 0.358. The molecular formula is C13H16ClFN2O3. The third-order valence-electron chi connectivity index (χ3n) is 3.05. The van der Waals surface area contributed by atoms with Crippen LogP contribution in [0.5, 0.6) is 0 Å². The van der Waals surface area contributed by atoms with Crippen LogP contribution in [-0.2, 0) is 4.74 Å². The van der Waals surface area contributed by atoms with Gasteiger partial charge < -0.3 is 20.5 Å². The van der Waals surface area contributed by atoms with Crippen molar-refractivity contribution in [1.82, 2.24) is 10.6 Å². The van der Waals surface area contributed by atoms with Crippen LogP contribution in [0, 0.1) is 5.82 Å². The van der Waals surface area contributed by atoms with Crippen LogP contribution >= 0.6 is 11.6 Å². The summed E-state index contributed by atoms with van der Waals surface area (Å²) >= 11 is 5.56. The van der Waals surface area contributed by atoms with Gasteiger partial charge in [0.05, 0.1) is 23.8 Å². The zero-order valence-electron chi connectivity index (χ0n) is 10.7. The molecule has 20 heavy (non-hydrogen) atoms. The molecule has 0 bridgehead atoms. The lowest BCUT2D eigenvalue weighted by molar-refractivity contribution is 0.170. The van der Waals surface area contributed by atoms with Gasteiger partial charge >= 0.3 is 6.03 Å². The van der Waals surface area contributed by atoms with Gasteiger partial charge in [0, 0.05) is 13.2 Å². The van der Waals surface area contributed by atoms with Gasteiger partial charge in [0.2, 0.25) is 0 Å². The van der Waals surface area contributed by atoms with Crippen molar-refractivity contribution in [1.29, 1.82) is 0 Å². The Labute approximate surface area is 121 Å². The summed E-state index contributed by atoms with van der Waals surface area (Å²) in [6, 6.07) is 3.65. The number of hydrogen-bond acceptors (Lipinski definition) is 3. The SMILES string of the molecule is O=C(NC[C@@H](O)c1ccc(Cl)c(F)c1)N[C@@H]1CCOC1. The second-order valence-corrected chi connectivity index (χ2v) is 5.01. The average Bonchev–Trinajstić information content (AvgIpc) is 2.92. The van der Waals surface area contributed by atoms with Gasteiger partial charge in [0.1, 0.15) is 5.82 Å². The highest BCUT2D eigenvalue weighted by Gasteiger charge is 2.18. The molecule has 1 heterocycles. The van der Waals surface area contributed by atoms with E-state index in [2.05, 4.69) is 10.6 Å². The second kappa shape index (κ2) is 6.88. The lowest BCUT2D eigenvalue weighted by Gasteiger charge is -2.15. The van der Waals surface area contributed by atoms with E-state index in [-0.39, 0.29) is 23.6 Å². The first kappa shape index (κ1) is 15.0. The van der Waals surface area contributed by atoms with Gasteiger partial charge in [0.25, 0.3) is 0 Å². The van der Waals surface area contributed by atoms with Crippen LogP contribution in [0.1, 0.15) is 18.1 Å². The number of aliphatic hydroxyl groups excluding tert-OH is 1. The number of urea groups is 1. The maximum atomic E-state index is 13.3. The minimum absolute atomic E-state index is 0.000110. The first-order valence-electron chi connectivity index (χ1n) is 6.31. The summed E-state index contributed by atoms with van der Waals surface area (Å²) in [4.78, 5) is 11.6. The number of carbonyl (C=O) groups excluding carboxylic acids is 1. The molecule has 1 aromatic rings. The molecule has 2 amide bonds. The van der Waals surface area contributed by atoms with Crippen molar-refractivity contribution in [2.45, 2.75) is 18.6 Å². The van der Waals surface area contributed by atoms with Crippen LogP contribution in [0.2, 0.25) is 5.02 Å². The molecule has 0 aromatic heterocycles. The van der Waals surface area contributed by atoms with Gasteiger partial charge in [-0.05, 0) is 24.1 Å². The van der Waals surface area contributed by atoms with Crippen molar-refractivity contribution in [3.63, 3.8) is 0 Å². The zero-order valence-corrected chi connectivity index (χ0v) is 11.5. The number of benzene rings is 1. The minimum atomic E-state index is -0.993. The predicted octanol–water partition coefficient (Wildman–Crippen LogP) is 1.60. The second-order valence-electron chi connectivity index (χ2n) is 4.60. The standard InChI is InChI=1S/C13H16ClFN2O3/c14-10-2-1-8(5-11(10)15)12(18)6-16-13(19)17-9-3-4-20-7-9/h1-2,5,9,12,18H,3-4,6-7H2,(H2,16,17,19)/t9-,12-/m1/s1. The Bertz CT molecular complexity index is 481. The Morgan fingerprint density at radius 1 is 1.60 bits per heavy atom. The molecule has 1 saturated heterocycles. The van der Waals surface area contributed by atoms with Crippen molar-refractivity contribution >= 4 is 17.6 Å². The van der Waals surface area contributed by atoms with Crippen LogP contribution in [0.25, 0.3) is 0 Å². The van der Waals surface area contributed by atoms with E-state index >= 15 is 0 Å². The quantitative estimate of drug-likeness (QED) is 0.791. The highest BCUT2D eigenvalue weighted by Crippen LogP contribution is 2.19. The molecule has 1 aliphatic heterocycles. The van der Waals surface area contributed by atoms with E-state index in [4.69, 9.17) is 16.3 Å². The van der Waals surface area contributed by atoms with Crippen molar-refractivity contribution in [3.8, 4) is 0 Å². The molecule has 0 saturated carbocycles. The highest BCUT2D eigenvalue weighted by molar-refractivity contribution is 6.30. The Hall–Kier alpha value is -1.37. The third kappa shape index (κ3) is 4.06. The van der Waals surface area contributed by atoms with E-state index in [9.17, 15) is 14.3 Å². The fourth-order valence-electron chi connectivity index (χ4n) is 1.91. The van der Waals surface area contributed by atoms with Crippen molar-refractivity contribution < 1.29 is 19.0 Å². The van der Waals surface area contributed by atoms with E-state index in [1.165, 1.54) is 12.1 Å². The van der Waals surface area contributed by atoms with Gasteiger partial charge in [-0.2, -0.15) is 0 Å². The number of amides is 2. The van der Waals surface area contributed by atoms with Gasteiger partial charge in [-0.15, -0.1) is 0 Å². The third-order valence-corrected chi connectivity index (χ3v) is 3.36. The fourth-order valence-corrected chi connectivity index (χ4v) is 2.03. The monoisotopic (exact) mass is 302 g/mol. The highest BCUT2D eigenvalue weighted by atomic mass is 35.5. The van der Waals surface area contributed by atoms with E-state index in [1.54, 1.807) is 0 Å². The van der Waals surface area contributed by atoms with Crippen LogP contribution in [0.3, 0.4) is 0 Å². The summed E-state index contributed by atoms with van der Waals surface area (Å²) in [5.74, 6) is -0.601. The van der Waals surface area contributed by atoms with E-state index in [0.29, 0.717) is 18.8 Å². The zero-order chi connectivity index (χ0) is 14.5. The summed E-state index contributed by atoms with van der Waals surface area (Å²) in [6.07, 6.45) is -0.217. The molecule has 0 unspecified atom stereocenters. The number of halogens is 2. The number of ether oxygens (including phenoxy) is 1. The molecule has 1 fully saturated rings. The molecule has 1 aliphatic rings. The van der Waals surface area contributed by atoms with Crippen molar-refractivity contribution in [2.75, 3.05) is 19.8 Å². The lowest BCUT2D eigenvalue weighted by atomic mass is 10.1. The minimum Gasteiger partial charge on any atom is -0.387 e. The van der Waals surface area contributed by atoms with Crippen molar-refractivity contribution in [3.05, 3.63) is 34.6 Å². The molecule has 2 atom stereocenters. The summed E-state index contributed by atoms with van der Waals surface area (Å²) < 4.78 is 18.4. The first-order chi connectivity index (χ1) is 9.56. The molecule has 0 aliphatic carbocycles. The molecule has 0 radical (unpaired) electrons. The normalized spacial score (nSPS) is 19.6. The molecule has 2 rings (SSSR count). The molecule has 7 heteroatoms. The molecule has 1 aromatic carbocycles. The van der Waals surface area contributed by atoms with Crippen molar-refractivity contribution in [2.24, 2.45) is 0 Å². The van der Waals surface area contributed by atoms with Crippen LogP contribution < -0.4 is 10.6 Å². The smallest absolute Gasteiger partial charge is 0.315 e. The average molecular weight is 303 g/mol. The largest absolute Gasteiger partial charge is 0.387 e. The number of nitrogens with one attached hydrogen (secondary N) is 2. The molecular weight excluding hydrogens is 287 g/mol. The molecule has 3 N–H and O–H groups in total. The lowest BCUT2D eigenvalue weighted by Crippen LogP contribution is -2.43. The first-order valence-corrected chi connectivity index (χ1v) is 6.69. The number of rotatable bonds is 4. The van der Waals surface area contributed by atoms with Gasteiger partial charge in [-0.25, -0.2) is 9.18 Å². The molecule has 0 spiro atoms.